The van der Waals surface area contributed by atoms with Crippen molar-refractivity contribution in [3.8, 4) is 0 Å². The first-order valence-electron chi connectivity index (χ1n) is 11.4. The summed E-state index contributed by atoms with van der Waals surface area (Å²) in [5.74, 6) is -3.01. The smallest absolute Gasteiger partial charge is 0.337 e. The summed E-state index contributed by atoms with van der Waals surface area (Å²) in [4.78, 5) is 39.4. The van der Waals surface area contributed by atoms with E-state index < -0.39 is 18.0 Å². The van der Waals surface area contributed by atoms with Gasteiger partial charge < -0.3 is 24.6 Å². The van der Waals surface area contributed by atoms with Gasteiger partial charge in [0.05, 0.1) is 47.3 Å². The first kappa shape index (κ1) is 24.5. The lowest BCUT2D eigenvalue weighted by Gasteiger charge is -2.47. The average Bonchev–Trinajstić information content (AvgIpc) is 3.45. The molecule has 4 heterocycles. The number of hydrogen-bond donors (Lipinski definition) is 1. The summed E-state index contributed by atoms with van der Waals surface area (Å²) in [5, 5.41) is 23.2. The van der Waals surface area contributed by atoms with Crippen LogP contribution >= 0.6 is 23.1 Å². The molecule has 9 nitrogen and oxygen atoms in total. The number of methoxy groups -OCH3 is 1. The molecule has 2 aromatic heterocycles. The van der Waals surface area contributed by atoms with Gasteiger partial charge in [0.1, 0.15) is 12.7 Å². The Morgan fingerprint density at radius 2 is 2.00 bits per heavy atom. The number of aliphatic hydroxyl groups excluding tert-OH is 1. The molecule has 2 aliphatic rings. The fraction of sp³-hybridized carbons (Fsp3) is 0.360. The van der Waals surface area contributed by atoms with E-state index in [9.17, 15) is 24.6 Å². The van der Waals surface area contributed by atoms with Crippen LogP contribution in [0.4, 0.5) is 0 Å². The second-order valence-electron chi connectivity index (χ2n) is 9.05. The Labute approximate surface area is 215 Å². The van der Waals surface area contributed by atoms with Crippen molar-refractivity contribution in [1.82, 2.24) is 9.30 Å². The number of thiazole rings is 1. The van der Waals surface area contributed by atoms with E-state index in [1.165, 1.54) is 23.3 Å². The van der Waals surface area contributed by atoms with Crippen molar-refractivity contribution in [2.75, 3.05) is 13.4 Å². The van der Waals surface area contributed by atoms with Gasteiger partial charge >= 0.3 is 5.97 Å². The first-order chi connectivity index (χ1) is 17.2. The van der Waals surface area contributed by atoms with E-state index in [1.807, 2.05) is 42.2 Å². The van der Waals surface area contributed by atoms with Gasteiger partial charge in [0, 0.05) is 11.5 Å². The van der Waals surface area contributed by atoms with E-state index >= 15 is 0 Å². The number of carbonyl (C=O) groups excluding carboxylic acids is 3. The number of carbonyl (C=O) groups is 3. The van der Waals surface area contributed by atoms with Crippen LogP contribution in [0, 0.1) is 11.8 Å². The van der Waals surface area contributed by atoms with Crippen molar-refractivity contribution in [1.29, 1.82) is 0 Å². The molecule has 1 N–H and O–H groups in total. The van der Waals surface area contributed by atoms with Gasteiger partial charge in [0.15, 0.2) is 0 Å². The maximum Gasteiger partial charge on any atom is 0.337 e. The zero-order valence-electron chi connectivity index (χ0n) is 20.1. The van der Waals surface area contributed by atoms with Gasteiger partial charge in [-0.15, -0.1) is 0 Å². The molecular weight excluding hydrogens is 502 g/mol. The van der Waals surface area contributed by atoms with E-state index in [4.69, 9.17) is 4.74 Å². The van der Waals surface area contributed by atoms with E-state index in [-0.39, 0.29) is 29.5 Å². The van der Waals surface area contributed by atoms with E-state index in [2.05, 4.69) is 4.57 Å². The summed E-state index contributed by atoms with van der Waals surface area (Å²) in [6.07, 6.45) is 4.96. The minimum absolute atomic E-state index is 0.0943. The van der Waals surface area contributed by atoms with Gasteiger partial charge in [0.25, 0.3) is 6.33 Å². The standard InChI is InChI=1S/C25H25N3O6S2/c1-12-17(20(24(31)32)28-19(12)18(13(2)29)21(28)30)16-10-27-11-26(22(35-4)23(27)36-16)9-14-5-7-15(8-6-14)25(33)34-3/h5-8,10-13,18-19,29H,9H2,1-4H3/t12-,13+,18+,19+/m0/s1. The molecular formula is C25H25N3O6S2. The predicted octanol–water partition coefficient (Wildman–Crippen LogP) is 1.16. The van der Waals surface area contributed by atoms with Gasteiger partial charge in [-0.2, -0.15) is 4.40 Å². The molecule has 0 saturated carbocycles. The summed E-state index contributed by atoms with van der Waals surface area (Å²) >= 11 is 3.05. The predicted molar refractivity (Wildman–Crippen MR) is 131 cm³/mol. The molecule has 1 amide bonds. The SMILES string of the molecule is COC(=O)c1ccc(C[n+]2cn3cc(C4=C(C(=O)[O-])N5C(=O)[C@H]([C@@H](C)O)[C@H]5[C@H]4C)sc3c2SC)cc1. The molecule has 5 rings (SSSR count). The fourth-order valence-corrected chi connectivity index (χ4v) is 7.50. The molecule has 188 valence electrons. The second kappa shape index (κ2) is 9.06. The van der Waals surface area contributed by atoms with Crippen LogP contribution < -0.4 is 9.67 Å². The largest absolute Gasteiger partial charge is 0.543 e. The molecule has 0 unspecified atom stereocenters. The Hall–Kier alpha value is -3.15. The molecule has 1 fully saturated rings. The first-order valence-corrected chi connectivity index (χ1v) is 13.4. The summed E-state index contributed by atoms with van der Waals surface area (Å²) in [6.45, 7) is 4.05. The minimum atomic E-state index is -1.38. The Morgan fingerprint density at radius 1 is 1.31 bits per heavy atom. The molecule has 0 spiro atoms. The van der Waals surface area contributed by atoms with Gasteiger partial charge in [-0.3, -0.25) is 4.79 Å². The lowest BCUT2D eigenvalue weighted by atomic mass is 9.77. The molecule has 1 saturated heterocycles. The van der Waals surface area contributed by atoms with E-state index in [0.29, 0.717) is 17.7 Å². The maximum absolute atomic E-state index is 12.6. The van der Waals surface area contributed by atoms with Crippen molar-refractivity contribution >= 4 is 51.3 Å². The van der Waals surface area contributed by atoms with Crippen LogP contribution in [0.1, 0.15) is 34.6 Å². The quantitative estimate of drug-likeness (QED) is 0.212. The number of aliphatic hydroxyl groups is 1. The summed E-state index contributed by atoms with van der Waals surface area (Å²) in [5.41, 5.74) is 1.98. The highest BCUT2D eigenvalue weighted by Gasteiger charge is 2.59. The van der Waals surface area contributed by atoms with Crippen LogP contribution in [-0.2, 0) is 20.9 Å². The van der Waals surface area contributed by atoms with Gasteiger partial charge in [-0.1, -0.05) is 42.2 Å². The summed E-state index contributed by atoms with van der Waals surface area (Å²) in [7, 11) is 1.35. The number of β-lactam (4-membered cyclic amide) rings is 1. The lowest BCUT2D eigenvalue weighted by molar-refractivity contribution is -0.721. The number of esters is 1. The second-order valence-corrected chi connectivity index (χ2v) is 10.9. The lowest BCUT2D eigenvalue weighted by Crippen LogP contribution is -2.64. The topological polar surface area (TPSA) is 115 Å². The van der Waals surface area contributed by atoms with Crippen LogP contribution in [-0.4, -0.2) is 57.8 Å². The number of carboxylic acid groups (broad SMARTS) is 1. The van der Waals surface area contributed by atoms with Crippen molar-refractivity contribution in [2.45, 2.75) is 37.6 Å². The van der Waals surface area contributed by atoms with Crippen LogP contribution in [0.2, 0.25) is 0 Å². The minimum Gasteiger partial charge on any atom is -0.543 e. The molecule has 36 heavy (non-hydrogen) atoms. The number of carboxylic acids is 1. The molecule has 0 bridgehead atoms. The number of imidazole rings is 1. The summed E-state index contributed by atoms with van der Waals surface area (Å²) in [6, 6.07) is 6.85. The fourth-order valence-electron chi connectivity index (χ4n) is 5.32. The molecule has 0 radical (unpaired) electrons. The Kier molecular flexibility index (Phi) is 6.17. The van der Waals surface area contributed by atoms with Gasteiger partial charge in [0.2, 0.25) is 15.8 Å². The zero-order chi connectivity index (χ0) is 25.9. The van der Waals surface area contributed by atoms with Crippen LogP contribution in [0.3, 0.4) is 0 Å². The molecule has 4 atom stereocenters. The number of rotatable bonds is 7. The van der Waals surface area contributed by atoms with E-state index in [0.717, 1.165) is 20.3 Å². The third-order valence-corrected chi connectivity index (χ3v) is 9.04. The van der Waals surface area contributed by atoms with Crippen molar-refractivity contribution in [3.63, 3.8) is 0 Å². The monoisotopic (exact) mass is 527 g/mol. The Balaban J connectivity index is 1.50. The molecule has 3 aromatic rings. The number of aliphatic carboxylic acids is 1. The number of hydrogen-bond acceptors (Lipinski definition) is 8. The number of thioether (sulfide) groups is 1. The number of fused-ring (bicyclic) bond motifs is 2. The molecule has 11 heteroatoms. The average molecular weight is 528 g/mol. The molecule has 1 aromatic carbocycles. The van der Waals surface area contributed by atoms with Crippen LogP contribution in [0.15, 0.2) is 47.5 Å². The van der Waals surface area contributed by atoms with Gasteiger partial charge in [-0.05, 0) is 30.9 Å². The number of ether oxygens (including phenoxy) is 1. The van der Waals surface area contributed by atoms with Crippen molar-refractivity contribution < 1.29 is 33.9 Å². The van der Waals surface area contributed by atoms with Gasteiger partial charge in [-0.25, -0.2) is 9.36 Å². The summed E-state index contributed by atoms with van der Waals surface area (Å²) < 4.78 is 8.82. The van der Waals surface area contributed by atoms with Crippen molar-refractivity contribution in [3.05, 3.63) is 58.5 Å². The molecule has 2 aliphatic heterocycles. The van der Waals surface area contributed by atoms with E-state index in [1.54, 1.807) is 30.8 Å². The van der Waals surface area contributed by atoms with Crippen LogP contribution in [0.5, 0.6) is 0 Å². The highest BCUT2D eigenvalue weighted by Crippen LogP contribution is 2.51. The third-order valence-electron chi connectivity index (χ3n) is 6.96. The highest BCUT2D eigenvalue weighted by atomic mass is 32.2. The third kappa shape index (κ3) is 3.64. The normalized spacial score (nSPS) is 22.1. The zero-order valence-corrected chi connectivity index (χ0v) is 21.8. The molecule has 0 aliphatic carbocycles. The highest BCUT2D eigenvalue weighted by molar-refractivity contribution is 7.98. The Bertz CT molecular complexity index is 1420. The van der Waals surface area contributed by atoms with Crippen molar-refractivity contribution in [2.24, 2.45) is 11.8 Å². The number of benzene rings is 1. The number of nitrogens with zero attached hydrogens (tertiary/aromatic N) is 3. The Morgan fingerprint density at radius 3 is 2.58 bits per heavy atom. The number of amides is 1. The maximum atomic E-state index is 12.6. The van der Waals surface area contributed by atoms with Crippen LogP contribution in [0.25, 0.3) is 10.4 Å². The number of aromatic nitrogens is 2.